The van der Waals surface area contributed by atoms with Crippen molar-refractivity contribution >= 4 is 23.3 Å². The number of anilines is 2. The van der Waals surface area contributed by atoms with Gasteiger partial charge in [-0.1, -0.05) is 0 Å². The highest BCUT2D eigenvalue weighted by molar-refractivity contribution is 6.08. The second kappa shape index (κ2) is 7.80. The molecule has 2 aliphatic rings. The largest absolute Gasteiger partial charge is 0.417 e. The van der Waals surface area contributed by atoms with E-state index in [1.54, 1.807) is 0 Å². The molecule has 0 saturated carbocycles. The Labute approximate surface area is 179 Å². The van der Waals surface area contributed by atoms with E-state index in [2.05, 4.69) is 0 Å². The lowest BCUT2D eigenvalue weighted by atomic mass is 10.0. The van der Waals surface area contributed by atoms with Crippen LogP contribution in [0.25, 0.3) is 0 Å². The van der Waals surface area contributed by atoms with Gasteiger partial charge in [0.25, 0.3) is 5.91 Å². The SMILES string of the molecule is N#Cc1ccc(N2C(=O)N(c3ccc(C(N)=O)c(F)c3)[C@@H]3CCOC[C@H]32)cc1C(F)(F)F. The standard InChI is InChI=1S/C21H16F4N4O3/c22-16-8-13(3-4-14(16)19(27)30)28-17-5-6-32-10-18(17)29(20(28)31)12-2-1-11(9-26)15(7-12)21(23,24)25/h1-4,7-8,17-18H,5-6,10H2,(H2,27,30)/t17-,18-/m1/s1. The van der Waals surface area contributed by atoms with E-state index in [4.69, 9.17) is 15.7 Å². The minimum Gasteiger partial charge on any atom is -0.379 e. The molecule has 0 radical (unpaired) electrons. The van der Waals surface area contributed by atoms with E-state index in [0.717, 1.165) is 24.3 Å². The molecule has 0 unspecified atom stereocenters. The number of ether oxygens (including phenoxy) is 1. The van der Waals surface area contributed by atoms with Gasteiger partial charge < -0.3 is 10.5 Å². The number of carbonyl (C=O) groups is 2. The number of alkyl halides is 3. The molecule has 2 atom stereocenters. The number of halogens is 4. The van der Waals surface area contributed by atoms with Gasteiger partial charge in [0.2, 0.25) is 0 Å². The zero-order valence-corrected chi connectivity index (χ0v) is 16.4. The summed E-state index contributed by atoms with van der Waals surface area (Å²) in [6.45, 7) is 0.373. The van der Waals surface area contributed by atoms with Crippen molar-refractivity contribution in [2.75, 3.05) is 23.0 Å². The van der Waals surface area contributed by atoms with Crippen molar-refractivity contribution in [3.8, 4) is 6.07 Å². The van der Waals surface area contributed by atoms with Gasteiger partial charge in [0.15, 0.2) is 0 Å². The van der Waals surface area contributed by atoms with Crippen molar-refractivity contribution in [3.63, 3.8) is 0 Å². The molecule has 2 aromatic carbocycles. The van der Waals surface area contributed by atoms with Crippen LogP contribution < -0.4 is 15.5 Å². The molecule has 3 amide bonds. The maximum Gasteiger partial charge on any atom is 0.417 e. The van der Waals surface area contributed by atoms with Crippen LogP contribution in [0.3, 0.4) is 0 Å². The number of primary amides is 1. The maximum absolute atomic E-state index is 14.4. The van der Waals surface area contributed by atoms with E-state index in [-0.39, 0.29) is 23.5 Å². The molecule has 166 valence electrons. The molecule has 11 heteroatoms. The molecule has 2 heterocycles. The van der Waals surface area contributed by atoms with Crippen LogP contribution in [-0.4, -0.2) is 37.2 Å². The molecule has 0 aromatic heterocycles. The molecule has 0 aliphatic carbocycles. The van der Waals surface area contributed by atoms with Crippen LogP contribution >= 0.6 is 0 Å². The lowest BCUT2D eigenvalue weighted by Gasteiger charge is -2.32. The summed E-state index contributed by atoms with van der Waals surface area (Å²) in [4.78, 5) is 27.1. The highest BCUT2D eigenvalue weighted by Gasteiger charge is 2.49. The maximum atomic E-state index is 14.4. The van der Waals surface area contributed by atoms with Gasteiger partial charge in [0.05, 0.1) is 41.5 Å². The van der Waals surface area contributed by atoms with Crippen molar-refractivity contribution in [2.45, 2.75) is 24.7 Å². The Hall–Kier alpha value is -3.65. The Kier molecular flexibility index (Phi) is 5.26. The second-order valence-electron chi connectivity index (χ2n) is 7.39. The van der Waals surface area contributed by atoms with Crippen molar-refractivity contribution in [1.29, 1.82) is 5.26 Å². The number of benzene rings is 2. The molecule has 32 heavy (non-hydrogen) atoms. The predicted octanol–water partition coefficient (Wildman–Crippen LogP) is 3.42. The fourth-order valence-electron chi connectivity index (χ4n) is 4.13. The third kappa shape index (κ3) is 3.52. The number of rotatable bonds is 3. The quantitative estimate of drug-likeness (QED) is 0.728. The first-order chi connectivity index (χ1) is 15.1. The zero-order chi connectivity index (χ0) is 23.2. The first-order valence-corrected chi connectivity index (χ1v) is 9.54. The Balaban J connectivity index is 1.79. The van der Waals surface area contributed by atoms with Crippen molar-refractivity contribution in [2.24, 2.45) is 5.73 Å². The molecule has 0 spiro atoms. The lowest BCUT2D eigenvalue weighted by Crippen LogP contribution is -2.45. The van der Waals surface area contributed by atoms with Crippen LogP contribution in [0.4, 0.5) is 33.7 Å². The highest BCUT2D eigenvalue weighted by atomic mass is 19.4. The number of hydrogen-bond acceptors (Lipinski definition) is 4. The topological polar surface area (TPSA) is 99.7 Å². The summed E-state index contributed by atoms with van der Waals surface area (Å²) in [5, 5.41) is 9.03. The molecule has 0 bridgehead atoms. The minimum absolute atomic E-state index is 0.0569. The smallest absolute Gasteiger partial charge is 0.379 e. The van der Waals surface area contributed by atoms with Crippen LogP contribution in [0.2, 0.25) is 0 Å². The van der Waals surface area contributed by atoms with Crippen molar-refractivity contribution in [3.05, 3.63) is 58.9 Å². The number of nitrogens with two attached hydrogens (primary N) is 1. The number of hydrogen-bond donors (Lipinski definition) is 1. The van der Waals surface area contributed by atoms with E-state index in [1.165, 1.54) is 28.0 Å². The van der Waals surface area contributed by atoms with Gasteiger partial charge >= 0.3 is 12.2 Å². The van der Waals surface area contributed by atoms with Gasteiger partial charge in [0, 0.05) is 18.0 Å². The second-order valence-corrected chi connectivity index (χ2v) is 7.39. The number of fused-ring (bicyclic) bond motifs is 1. The van der Waals surface area contributed by atoms with E-state index >= 15 is 0 Å². The van der Waals surface area contributed by atoms with Crippen molar-refractivity contribution < 1.29 is 31.9 Å². The summed E-state index contributed by atoms with van der Waals surface area (Å²) in [5.74, 6) is -1.88. The van der Waals surface area contributed by atoms with Crippen LogP contribution in [0.1, 0.15) is 27.9 Å². The van der Waals surface area contributed by atoms with Crippen LogP contribution in [-0.2, 0) is 10.9 Å². The van der Waals surface area contributed by atoms with Gasteiger partial charge in [-0.25, -0.2) is 9.18 Å². The summed E-state index contributed by atoms with van der Waals surface area (Å²) in [6, 6.07) is 6.23. The van der Waals surface area contributed by atoms with Gasteiger partial charge in [-0.3, -0.25) is 14.6 Å². The fourth-order valence-corrected chi connectivity index (χ4v) is 4.13. The van der Waals surface area contributed by atoms with Crippen LogP contribution in [0.5, 0.6) is 0 Å². The van der Waals surface area contributed by atoms with E-state index in [1.807, 2.05) is 0 Å². The molecule has 2 aliphatic heterocycles. The Bertz CT molecular complexity index is 1140. The highest BCUT2D eigenvalue weighted by Crippen LogP contribution is 2.40. The average molecular weight is 448 g/mol. The van der Waals surface area contributed by atoms with Crippen LogP contribution in [0.15, 0.2) is 36.4 Å². The minimum atomic E-state index is -4.79. The third-order valence-electron chi connectivity index (χ3n) is 5.57. The summed E-state index contributed by atoms with van der Waals surface area (Å²) < 4.78 is 60.2. The molecule has 2 N–H and O–H groups in total. The number of urea groups is 1. The molecular formula is C21H16F4N4O3. The monoisotopic (exact) mass is 448 g/mol. The molecule has 2 fully saturated rings. The molecule has 2 saturated heterocycles. The molecule has 2 aromatic rings. The van der Waals surface area contributed by atoms with Gasteiger partial charge in [-0.05, 0) is 42.8 Å². The molecular weight excluding hydrogens is 432 g/mol. The van der Waals surface area contributed by atoms with Gasteiger partial charge in [0.1, 0.15) is 5.82 Å². The van der Waals surface area contributed by atoms with Gasteiger partial charge in [-0.2, -0.15) is 18.4 Å². The third-order valence-corrected chi connectivity index (χ3v) is 5.57. The summed E-state index contributed by atoms with van der Waals surface area (Å²) in [5.41, 5.74) is 3.14. The normalized spacial score (nSPS) is 20.8. The van der Waals surface area contributed by atoms with Gasteiger partial charge in [-0.15, -0.1) is 0 Å². The number of nitrogens with zero attached hydrogens (tertiary/aromatic N) is 3. The Morgan fingerprint density at radius 2 is 1.78 bits per heavy atom. The molecule has 7 nitrogen and oxygen atoms in total. The lowest BCUT2D eigenvalue weighted by molar-refractivity contribution is -0.137. The summed E-state index contributed by atoms with van der Waals surface area (Å²) in [6.07, 6.45) is -4.42. The number of carbonyl (C=O) groups excluding carboxylic acids is 2. The summed E-state index contributed by atoms with van der Waals surface area (Å²) in [7, 11) is 0. The van der Waals surface area contributed by atoms with E-state index in [9.17, 15) is 27.2 Å². The van der Waals surface area contributed by atoms with E-state index < -0.39 is 47.1 Å². The first kappa shape index (κ1) is 21.6. The molecule has 4 rings (SSSR count). The predicted molar refractivity (Wildman–Crippen MR) is 104 cm³/mol. The Morgan fingerprint density at radius 3 is 2.41 bits per heavy atom. The summed E-state index contributed by atoms with van der Waals surface area (Å²) >= 11 is 0. The zero-order valence-electron chi connectivity index (χ0n) is 16.4. The van der Waals surface area contributed by atoms with E-state index in [0.29, 0.717) is 13.0 Å². The first-order valence-electron chi connectivity index (χ1n) is 9.54. The number of amides is 3. The Morgan fingerprint density at radius 1 is 1.12 bits per heavy atom. The number of nitriles is 1. The average Bonchev–Trinajstić information content (AvgIpc) is 3.04. The van der Waals surface area contributed by atoms with Crippen molar-refractivity contribution in [1.82, 2.24) is 0 Å². The fraction of sp³-hybridized carbons (Fsp3) is 0.286. The van der Waals surface area contributed by atoms with Crippen LogP contribution in [0, 0.1) is 17.1 Å².